The van der Waals surface area contributed by atoms with Crippen LogP contribution in [0.5, 0.6) is 5.75 Å². The van der Waals surface area contributed by atoms with E-state index in [9.17, 15) is 0 Å². The molecule has 106 valence electrons. The Bertz CT molecular complexity index is 438. The third kappa shape index (κ3) is 3.12. The number of rotatable bonds is 5. The van der Waals surface area contributed by atoms with Gasteiger partial charge < -0.3 is 14.8 Å². The van der Waals surface area contributed by atoms with Gasteiger partial charge in [-0.15, -0.1) is 0 Å². The van der Waals surface area contributed by atoms with Gasteiger partial charge in [-0.2, -0.15) is 0 Å². The molecule has 2 unspecified atom stereocenters. The average Bonchev–Trinajstić information content (AvgIpc) is 2.39. The number of methoxy groups -OCH3 is 1. The normalized spacial score (nSPS) is 25.8. The van der Waals surface area contributed by atoms with Crippen LogP contribution in [0, 0.1) is 0 Å². The van der Waals surface area contributed by atoms with E-state index >= 15 is 0 Å². The topological polar surface area (TPSA) is 30.5 Å². The van der Waals surface area contributed by atoms with E-state index in [4.69, 9.17) is 9.47 Å². The molecule has 2 rings (SSSR count). The number of benzene rings is 1. The minimum atomic E-state index is -0.227. The van der Waals surface area contributed by atoms with Crippen LogP contribution in [0.1, 0.15) is 38.3 Å². The van der Waals surface area contributed by atoms with Gasteiger partial charge in [0.05, 0.1) is 6.61 Å². The van der Waals surface area contributed by atoms with E-state index in [0.717, 1.165) is 29.6 Å². The molecule has 2 atom stereocenters. The fourth-order valence-corrected chi connectivity index (χ4v) is 3.08. The van der Waals surface area contributed by atoms with Crippen molar-refractivity contribution in [3.63, 3.8) is 0 Å². The van der Waals surface area contributed by atoms with E-state index in [1.54, 1.807) is 7.11 Å². The molecule has 1 aromatic rings. The molecule has 1 N–H and O–H groups in total. The number of ether oxygens (including phenoxy) is 2. The van der Waals surface area contributed by atoms with Crippen molar-refractivity contribution in [3.8, 4) is 5.75 Å². The third-order valence-electron chi connectivity index (χ3n) is 3.76. The van der Waals surface area contributed by atoms with Crippen LogP contribution >= 0.6 is 15.9 Å². The molecule has 3 nitrogen and oxygen atoms in total. The molecule has 1 aromatic carbocycles. The molecule has 0 aromatic heterocycles. The van der Waals surface area contributed by atoms with E-state index in [2.05, 4.69) is 53.3 Å². The van der Waals surface area contributed by atoms with Gasteiger partial charge >= 0.3 is 0 Å². The molecular formula is C15H22BrNO2. The van der Waals surface area contributed by atoms with Gasteiger partial charge in [0.1, 0.15) is 11.4 Å². The summed E-state index contributed by atoms with van der Waals surface area (Å²) < 4.78 is 12.7. The van der Waals surface area contributed by atoms with Crippen molar-refractivity contribution < 1.29 is 9.47 Å². The predicted molar refractivity (Wildman–Crippen MR) is 80.7 cm³/mol. The molecule has 0 fully saturated rings. The Morgan fingerprint density at radius 3 is 2.89 bits per heavy atom. The van der Waals surface area contributed by atoms with Gasteiger partial charge in [-0.05, 0) is 25.1 Å². The lowest BCUT2D eigenvalue weighted by Crippen LogP contribution is -2.47. The summed E-state index contributed by atoms with van der Waals surface area (Å²) in [6, 6.07) is 6.59. The smallest absolute Gasteiger partial charge is 0.134 e. The highest BCUT2D eigenvalue weighted by atomic mass is 79.9. The fraction of sp³-hybridized carbons (Fsp3) is 0.600. The molecule has 1 heterocycles. The molecule has 0 saturated heterocycles. The van der Waals surface area contributed by atoms with Crippen molar-refractivity contribution in [2.24, 2.45) is 0 Å². The van der Waals surface area contributed by atoms with Crippen LogP contribution in [0.2, 0.25) is 0 Å². The van der Waals surface area contributed by atoms with Gasteiger partial charge in [0.15, 0.2) is 0 Å². The maximum atomic E-state index is 6.27. The van der Waals surface area contributed by atoms with Crippen molar-refractivity contribution in [2.45, 2.75) is 38.3 Å². The van der Waals surface area contributed by atoms with Crippen LogP contribution < -0.4 is 10.1 Å². The lowest BCUT2D eigenvalue weighted by molar-refractivity contribution is -0.0369. The van der Waals surface area contributed by atoms with E-state index in [-0.39, 0.29) is 5.60 Å². The van der Waals surface area contributed by atoms with Crippen molar-refractivity contribution in [2.75, 3.05) is 20.3 Å². The Morgan fingerprint density at radius 2 is 2.26 bits per heavy atom. The first-order chi connectivity index (χ1) is 9.14. The quantitative estimate of drug-likeness (QED) is 0.894. The Kier molecular flexibility index (Phi) is 4.87. The second-order valence-corrected chi connectivity index (χ2v) is 5.98. The Morgan fingerprint density at radius 1 is 1.47 bits per heavy atom. The zero-order valence-corrected chi connectivity index (χ0v) is 13.4. The Labute approximate surface area is 123 Å². The highest BCUT2D eigenvalue weighted by Crippen LogP contribution is 2.42. The second-order valence-electron chi connectivity index (χ2n) is 5.07. The summed E-state index contributed by atoms with van der Waals surface area (Å²) >= 11 is 3.52. The summed E-state index contributed by atoms with van der Waals surface area (Å²) in [6.07, 6.45) is 1.88. The highest BCUT2D eigenvalue weighted by Gasteiger charge is 2.39. The number of hydrogen-bond donors (Lipinski definition) is 1. The van der Waals surface area contributed by atoms with Crippen LogP contribution in [-0.4, -0.2) is 25.9 Å². The standard InChI is InChI=1S/C15H22BrNO2/c1-4-15(10-18-3)9-13(17-5-2)12-7-6-11(16)8-14(12)19-15/h6-8,13,17H,4-5,9-10H2,1-3H3. The minimum absolute atomic E-state index is 0.227. The molecule has 0 radical (unpaired) electrons. The average molecular weight is 328 g/mol. The van der Waals surface area contributed by atoms with Gasteiger partial charge in [-0.1, -0.05) is 35.8 Å². The van der Waals surface area contributed by atoms with Crippen molar-refractivity contribution in [3.05, 3.63) is 28.2 Å². The van der Waals surface area contributed by atoms with Crippen molar-refractivity contribution in [1.82, 2.24) is 5.32 Å². The summed E-state index contributed by atoms with van der Waals surface area (Å²) in [4.78, 5) is 0. The lowest BCUT2D eigenvalue weighted by Gasteiger charge is -2.41. The zero-order chi connectivity index (χ0) is 13.9. The maximum absolute atomic E-state index is 6.27. The van der Waals surface area contributed by atoms with Crippen LogP contribution in [0.15, 0.2) is 22.7 Å². The zero-order valence-electron chi connectivity index (χ0n) is 11.8. The van der Waals surface area contributed by atoms with Gasteiger partial charge in [0.25, 0.3) is 0 Å². The van der Waals surface area contributed by atoms with Gasteiger partial charge in [-0.25, -0.2) is 0 Å². The molecule has 4 heteroatoms. The number of hydrogen-bond acceptors (Lipinski definition) is 3. The van der Waals surface area contributed by atoms with E-state index < -0.39 is 0 Å². The molecule has 0 spiro atoms. The van der Waals surface area contributed by atoms with Gasteiger partial charge in [0, 0.05) is 29.6 Å². The Balaban J connectivity index is 2.37. The molecule has 19 heavy (non-hydrogen) atoms. The molecular weight excluding hydrogens is 306 g/mol. The van der Waals surface area contributed by atoms with Gasteiger partial charge in [-0.3, -0.25) is 0 Å². The third-order valence-corrected chi connectivity index (χ3v) is 4.25. The highest BCUT2D eigenvalue weighted by molar-refractivity contribution is 9.10. The summed E-state index contributed by atoms with van der Waals surface area (Å²) in [5.41, 5.74) is 1.01. The van der Waals surface area contributed by atoms with E-state index in [1.807, 2.05) is 0 Å². The fourth-order valence-electron chi connectivity index (χ4n) is 2.74. The SMILES string of the molecule is CCNC1CC(CC)(COC)Oc2cc(Br)ccc21. The molecule has 1 aliphatic rings. The molecule has 0 saturated carbocycles. The van der Waals surface area contributed by atoms with Gasteiger partial charge in [0.2, 0.25) is 0 Å². The largest absolute Gasteiger partial charge is 0.484 e. The first kappa shape index (κ1) is 14.8. The van der Waals surface area contributed by atoms with Crippen LogP contribution in [0.3, 0.4) is 0 Å². The maximum Gasteiger partial charge on any atom is 0.134 e. The number of nitrogens with one attached hydrogen (secondary N) is 1. The molecule has 0 aliphatic carbocycles. The van der Waals surface area contributed by atoms with E-state index in [0.29, 0.717) is 12.6 Å². The summed E-state index contributed by atoms with van der Waals surface area (Å²) in [5, 5.41) is 3.56. The summed E-state index contributed by atoms with van der Waals surface area (Å²) in [6.45, 7) is 5.87. The monoisotopic (exact) mass is 327 g/mol. The summed E-state index contributed by atoms with van der Waals surface area (Å²) in [5.74, 6) is 0.963. The van der Waals surface area contributed by atoms with Crippen LogP contribution in [0.25, 0.3) is 0 Å². The summed E-state index contributed by atoms with van der Waals surface area (Å²) in [7, 11) is 1.74. The lowest BCUT2D eigenvalue weighted by atomic mass is 9.85. The molecule has 0 amide bonds. The van der Waals surface area contributed by atoms with Crippen LogP contribution in [0.4, 0.5) is 0 Å². The first-order valence-electron chi connectivity index (χ1n) is 6.85. The van der Waals surface area contributed by atoms with E-state index in [1.165, 1.54) is 5.56 Å². The molecule has 0 bridgehead atoms. The predicted octanol–water partition coefficient (Wildman–Crippen LogP) is 3.68. The molecule has 1 aliphatic heterocycles. The van der Waals surface area contributed by atoms with Crippen molar-refractivity contribution in [1.29, 1.82) is 0 Å². The Hall–Kier alpha value is -0.580. The van der Waals surface area contributed by atoms with Crippen molar-refractivity contribution >= 4 is 15.9 Å². The number of halogens is 1. The van der Waals surface area contributed by atoms with Crippen LogP contribution in [-0.2, 0) is 4.74 Å². The second kappa shape index (κ2) is 6.25. The first-order valence-corrected chi connectivity index (χ1v) is 7.64. The minimum Gasteiger partial charge on any atom is -0.484 e. The number of fused-ring (bicyclic) bond motifs is 1.